The summed E-state index contributed by atoms with van der Waals surface area (Å²) in [6.45, 7) is 3.15. The maximum absolute atomic E-state index is 11.1. The number of carboxylic acids is 1. The summed E-state index contributed by atoms with van der Waals surface area (Å²) in [6.07, 6.45) is 0. The molecule has 0 radical (unpaired) electrons. The number of carboxylic acid groups (broad SMARTS) is 1. The van der Waals surface area contributed by atoms with Gasteiger partial charge in [0.1, 0.15) is 0 Å². The number of rotatable bonds is 4. The third-order valence-electron chi connectivity index (χ3n) is 3.48. The average molecular weight is 376 g/mol. The normalized spacial score (nSPS) is 9.59. The Kier molecular flexibility index (Phi) is 7.10. The van der Waals surface area contributed by atoms with Crippen molar-refractivity contribution < 1.29 is 29.3 Å². The van der Waals surface area contributed by atoms with Crippen LogP contribution >= 0.6 is 0 Å². The predicted molar refractivity (Wildman–Crippen MR) is 94.0 cm³/mol. The quantitative estimate of drug-likeness (QED) is 0.485. The SMILES string of the molecule is COC(=O)c1ccc([N+](=O)[O-])cc1C.Cc1cc([N+](=O)[O-])ccc1C(=O)O. The van der Waals surface area contributed by atoms with Crippen LogP contribution in [0, 0.1) is 34.1 Å². The molecule has 2 aromatic carbocycles. The van der Waals surface area contributed by atoms with Gasteiger partial charge in [-0.25, -0.2) is 9.59 Å². The molecule has 0 fully saturated rings. The minimum Gasteiger partial charge on any atom is -0.478 e. The van der Waals surface area contributed by atoms with Crippen LogP contribution in [0.3, 0.4) is 0 Å². The van der Waals surface area contributed by atoms with Crippen molar-refractivity contribution in [1.29, 1.82) is 0 Å². The van der Waals surface area contributed by atoms with Gasteiger partial charge in [0.05, 0.1) is 28.1 Å². The van der Waals surface area contributed by atoms with E-state index >= 15 is 0 Å². The van der Waals surface area contributed by atoms with E-state index in [9.17, 15) is 29.8 Å². The van der Waals surface area contributed by atoms with E-state index in [4.69, 9.17) is 5.11 Å². The standard InChI is InChI=1S/C9H9NO4.C8H7NO4/c1-6-5-7(10(12)13)3-4-8(6)9(11)14-2;1-5-4-6(9(12)13)2-3-7(5)8(10)11/h3-5H,1-2H3;2-4H,1H3,(H,10,11). The molecule has 10 heteroatoms. The first-order valence-electron chi connectivity index (χ1n) is 7.40. The van der Waals surface area contributed by atoms with Gasteiger partial charge < -0.3 is 9.84 Å². The number of benzene rings is 2. The number of carbonyl (C=O) groups excluding carboxylic acids is 1. The van der Waals surface area contributed by atoms with Gasteiger partial charge >= 0.3 is 11.9 Å². The van der Waals surface area contributed by atoms with Crippen molar-refractivity contribution in [3.05, 3.63) is 78.9 Å². The van der Waals surface area contributed by atoms with Crippen molar-refractivity contribution in [3.8, 4) is 0 Å². The molecule has 27 heavy (non-hydrogen) atoms. The van der Waals surface area contributed by atoms with E-state index in [0.29, 0.717) is 16.7 Å². The molecule has 0 aliphatic carbocycles. The maximum Gasteiger partial charge on any atom is 0.338 e. The molecule has 0 bridgehead atoms. The Morgan fingerprint density at radius 3 is 1.59 bits per heavy atom. The molecule has 0 unspecified atom stereocenters. The van der Waals surface area contributed by atoms with Gasteiger partial charge in [-0.15, -0.1) is 0 Å². The smallest absolute Gasteiger partial charge is 0.338 e. The molecule has 0 heterocycles. The van der Waals surface area contributed by atoms with E-state index in [-0.39, 0.29) is 16.9 Å². The first-order chi connectivity index (χ1) is 12.6. The van der Waals surface area contributed by atoms with Crippen LogP contribution in [0.2, 0.25) is 0 Å². The summed E-state index contributed by atoms with van der Waals surface area (Å²) in [5.74, 6) is -1.57. The van der Waals surface area contributed by atoms with Gasteiger partial charge in [0.25, 0.3) is 11.4 Å². The number of aromatic carboxylic acids is 1. The van der Waals surface area contributed by atoms with Crippen molar-refractivity contribution in [2.75, 3.05) is 7.11 Å². The molecule has 0 aliphatic rings. The largest absolute Gasteiger partial charge is 0.478 e. The molecular weight excluding hydrogens is 360 g/mol. The average Bonchev–Trinajstić information content (AvgIpc) is 2.60. The predicted octanol–water partition coefficient (Wildman–Crippen LogP) is 3.29. The van der Waals surface area contributed by atoms with Crippen LogP contribution in [0.5, 0.6) is 0 Å². The second-order valence-corrected chi connectivity index (χ2v) is 5.31. The van der Waals surface area contributed by atoms with Gasteiger partial charge in [-0.05, 0) is 37.1 Å². The first kappa shape index (κ1) is 21.2. The summed E-state index contributed by atoms with van der Waals surface area (Å²) in [5.41, 5.74) is 1.23. The summed E-state index contributed by atoms with van der Waals surface area (Å²) in [4.78, 5) is 41.3. The highest BCUT2D eigenvalue weighted by molar-refractivity contribution is 5.91. The van der Waals surface area contributed by atoms with Crippen LogP contribution in [0.1, 0.15) is 31.8 Å². The molecule has 0 atom stereocenters. The van der Waals surface area contributed by atoms with E-state index in [1.807, 2.05) is 0 Å². The Labute approximate surface area is 153 Å². The first-order valence-corrected chi connectivity index (χ1v) is 7.40. The van der Waals surface area contributed by atoms with E-state index < -0.39 is 21.8 Å². The molecule has 0 saturated heterocycles. The third-order valence-corrected chi connectivity index (χ3v) is 3.48. The van der Waals surface area contributed by atoms with Gasteiger partial charge in [0.15, 0.2) is 0 Å². The fourth-order valence-corrected chi connectivity index (χ4v) is 2.10. The van der Waals surface area contributed by atoms with Crippen LogP contribution < -0.4 is 0 Å². The highest BCUT2D eigenvalue weighted by Crippen LogP contribution is 2.18. The Morgan fingerprint density at radius 2 is 1.30 bits per heavy atom. The number of nitro groups is 2. The van der Waals surface area contributed by atoms with Crippen molar-refractivity contribution in [2.24, 2.45) is 0 Å². The second-order valence-electron chi connectivity index (χ2n) is 5.31. The van der Waals surface area contributed by atoms with Crippen LogP contribution in [-0.2, 0) is 4.74 Å². The van der Waals surface area contributed by atoms with Crippen LogP contribution in [0.25, 0.3) is 0 Å². The van der Waals surface area contributed by atoms with Crippen molar-refractivity contribution in [3.63, 3.8) is 0 Å². The summed E-state index contributed by atoms with van der Waals surface area (Å²) in [6, 6.07) is 7.65. The van der Waals surface area contributed by atoms with Gasteiger partial charge in [0, 0.05) is 24.3 Å². The molecule has 0 aliphatic heterocycles. The van der Waals surface area contributed by atoms with Gasteiger partial charge in [-0.2, -0.15) is 0 Å². The fraction of sp³-hybridized carbons (Fsp3) is 0.176. The van der Waals surface area contributed by atoms with Gasteiger partial charge in [0.2, 0.25) is 0 Å². The molecule has 2 aromatic rings. The Hall–Kier alpha value is -3.82. The van der Waals surface area contributed by atoms with E-state index in [1.165, 1.54) is 50.4 Å². The van der Waals surface area contributed by atoms with Crippen molar-refractivity contribution in [1.82, 2.24) is 0 Å². The van der Waals surface area contributed by atoms with E-state index in [2.05, 4.69) is 4.74 Å². The lowest BCUT2D eigenvalue weighted by atomic mass is 10.1. The Bertz CT molecular complexity index is 908. The second kappa shape index (κ2) is 9.04. The number of aryl methyl sites for hydroxylation is 2. The monoisotopic (exact) mass is 376 g/mol. The molecule has 0 saturated carbocycles. The number of carbonyl (C=O) groups is 2. The molecule has 0 amide bonds. The summed E-state index contributed by atoms with van der Waals surface area (Å²) >= 11 is 0. The van der Waals surface area contributed by atoms with Crippen molar-refractivity contribution in [2.45, 2.75) is 13.8 Å². The number of nitrogens with zero attached hydrogens (tertiary/aromatic N) is 2. The summed E-state index contributed by atoms with van der Waals surface area (Å²) in [5, 5.41) is 29.3. The minimum absolute atomic E-state index is 0.0323. The molecule has 142 valence electrons. The van der Waals surface area contributed by atoms with Gasteiger partial charge in [-0.1, -0.05) is 0 Å². The highest BCUT2D eigenvalue weighted by atomic mass is 16.6. The lowest BCUT2D eigenvalue weighted by Crippen LogP contribution is -2.04. The molecule has 10 nitrogen and oxygen atoms in total. The van der Waals surface area contributed by atoms with Crippen molar-refractivity contribution >= 4 is 23.3 Å². The van der Waals surface area contributed by atoms with Crippen LogP contribution in [0.15, 0.2) is 36.4 Å². The summed E-state index contributed by atoms with van der Waals surface area (Å²) in [7, 11) is 1.27. The Balaban J connectivity index is 0.000000271. The van der Waals surface area contributed by atoms with E-state index in [1.54, 1.807) is 6.92 Å². The zero-order valence-electron chi connectivity index (χ0n) is 14.7. The molecule has 0 spiro atoms. The summed E-state index contributed by atoms with van der Waals surface area (Å²) < 4.78 is 4.51. The lowest BCUT2D eigenvalue weighted by Gasteiger charge is -2.02. The molecular formula is C17H16N2O8. The number of esters is 1. The number of ether oxygens (including phenoxy) is 1. The fourth-order valence-electron chi connectivity index (χ4n) is 2.10. The maximum atomic E-state index is 11.1. The molecule has 0 aromatic heterocycles. The minimum atomic E-state index is -1.08. The molecule has 2 rings (SSSR count). The number of nitro benzene ring substituents is 2. The lowest BCUT2D eigenvalue weighted by molar-refractivity contribution is -0.385. The van der Waals surface area contributed by atoms with E-state index in [0.717, 1.165) is 0 Å². The zero-order valence-corrected chi connectivity index (χ0v) is 14.7. The number of methoxy groups -OCH3 is 1. The highest BCUT2D eigenvalue weighted by Gasteiger charge is 2.13. The zero-order chi connectivity index (χ0) is 20.7. The molecule has 1 N–H and O–H groups in total. The Morgan fingerprint density at radius 1 is 0.889 bits per heavy atom. The number of non-ortho nitro benzene ring substituents is 2. The van der Waals surface area contributed by atoms with Gasteiger partial charge in [-0.3, -0.25) is 20.2 Å². The third kappa shape index (κ3) is 5.59. The number of hydrogen-bond donors (Lipinski definition) is 1. The van der Waals surface area contributed by atoms with Crippen LogP contribution in [0.4, 0.5) is 11.4 Å². The topological polar surface area (TPSA) is 150 Å². The number of hydrogen-bond acceptors (Lipinski definition) is 7. The van der Waals surface area contributed by atoms with Crippen LogP contribution in [-0.4, -0.2) is 34.0 Å².